The fourth-order valence-electron chi connectivity index (χ4n) is 3.62. The maximum atomic E-state index is 5.69. The third kappa shape index (κ3) is 5.04. The van der Waals surface area contributed by atoms with Crippen molar-refractivity contribution in [3.8, 4) is 5.75 Å². The van der Waals surface area contributed by atoms with E-state index in [9.17, 15) is 0 Å². The van der Waals surface area contributed by atoms with Crippen molar-refractivity contribution < 1.29 is 4.74 Å². The molecule has 1 atom stereocenters. The van der Waals surface area contributed by atoms with Gasteiger partial charge in [0.2, 0.25) is 0 Å². The van der Waals surface area contributed by atoms with E-state index in [-0.39, 0.29) is 0 Å². The second kappa shape index (κ2) is 9.67. The number of hydrogen-bond acceptors (Lipinski definition) is 5. The molecule has 3 N–H and O–H groups in total. The van der Waals surface area contributed by atoms with Crippen molar-refractivity contribution in [2.75, 3.05) is 26.7 Å². The second-order valence-corrected chi connectivity index (χ2v) is 6.93. The average Bonchev–Trinajstić information content (AvgIpc) is 2.68. The highest BCUT2D eigenvalue weighted by molar-refractivity contribution is 5.30. The lowest BCUT2D eigenvalue weighted by Gasteiger charge is -2.32. The minimum absolute atomic E-state index is 0.456. The highest BCUT2D eigenvalue weighted by Gasteiger charge is 2.21. The minimum atomic E-state index is 0.456. The summed E-state index contributed by atoms with van der Waals surface area (Å²) in [6, 6.07) is 13.1. The van der Waals surface area contributed by atoms with Gasteiger partial charge in [0.25, 0.3) is 0 Å². The van der Waals surface area contributed by atoms with Gasteiger partial charge in [0, 0.05) is 31.9 Å². The lowest BCUT2D eigenvalue weighted by Crippen LogP contribution is -2.44. The summed E-state index contributed by atoms with van der Waals surface area (Å²) in [6.45, 7) is 4.52. The molecule has 140 valence electrons. The molecule has 0 spiro atoms. The van der Waals surface area contributed by atoms with Crippen molar-refractivity contribution in [2.24, 2.45) is 5.73 Å². The zero-order valence-corrected chi connectivity index (χ0v) is 15.7. The van der Waals surface area contributed by atoms with Gasteiger partial charge in [0.15, 0.2) is 0 Å². The lowest BCUT2D eigenvalue weighted by atomic mass is 9.95. The van der Waals surface area contributed by atoms with E-state index < -0.39 is 0 Å². The Bertz CT molecular complexity index is 691. The molecule has 1 aliphatic heterocycles. The molecule has 0 aliphatic carbocycles. The maximum absolute atomic E-state index is 5.69. The van der Waals surface area contributed by atoms with Crippen molar-refractivity contribution in [1.29, 1.82) is 0 Å². The van der Waals surface area contributed by atoms with Gasteiger partial charge >= 0.3 is 0 Å². The Morgan fingerprint density at radius 2 is 2.04 bits per heavy atom. The van der Waals surface area contributed by atoms with Gasteiger partial charge in [0.05, 0.1) is 12.8 Å². The summed E-state index contributed by atoms with van der Waals surface area (Å²) >= 11 is 0. The number of hydrogen-bond donors (Lipinski definition) is 2. The Labute approximate surface area is 156 Å². The van der Waals surface area contributed by atoms with Gasteiger partial charge < -0.3 is 15.8 Å². The topological polar surface area (TPSA) is 63.4 Å². The zero-order valence-electron chi connectivity index (χ0n) is 15.7. The van der Waals surface area contributed by atoms with Crippen molar-refractivity contribution in [2.45, 2.75) is 38.4 Å². The number of fused-ring (bicyclic) bond motifs is 1. The predicted octanol–water partition coefficient (Wildman–Crippen LogP) is 2.35. The summed E-state index contributed by atoms with van der Waals surface area (Å²) < 4.78 is 5.48. The van der Waals surface area contributed by atoms with Crippen LogP contribution in [-0.4, -0.2) is 42.7 Å². The predicted molar refractivity (Wildman–Crippen MR) is 105 cm³/mol. The Balaban J connectivity index is 1.66. The van der Waals surface area contributed by atoms with Gasteiger partial charge in [-0.25, -0.2) is 0 Å². The van der Waals surface area contributed by atoms with Crippen LogP contribution in [0, 0.1) is 0 Å². The van der Waals surface area contributed by atoms with Gasteiger partial charge in [-0.1, -0.05) is 24.3 Å². The Morgan fingerprint density at radius 3 is 2.85 bits per heavy atom. The molecule has 5 heteroatoms. The molecule has 0 saturated heterocycles. The molecule has 3 rings (SSSR count). The number of aromatic nitrogens is 1. The molecule has 1 aromatic heterocycles. The summed E-state index contributed by atoms with van der Waals surface area (Å²) in [6.07, 6.45) is 5.07. The van der Waals surface area contributed by atoms with Crippen molar-refractivity contribution >= 4 is 0 Å². The smallest absolute Gasteiger partial charge is 0.141 e. The van der Waals surface area contributed by atoms with Gasteiger partial charge in [-0.3, -0.25) is 9.88 Å². The fourth-order valence-corrected chi connectivity index (χ4v) is 3.62. The summed E-state index contributed by atoms with van der Waals surface area (Å²) in [5.41, 5.74) is 9.57. The fraction of sp³-hybridized carbons (Fsp3) is 0.476. The van der Waals surface area contributed by atoms with E-state index in [1.807, 2.05) is 18.3 Å². The number of benzene rings is 1. The van der Waals surface area contributed by atoms with E-state index in [4.69, 9.17) is 10.5 Å². The Hall–Kier alpha value is -1.95. The number of pyridine rings is 1. The Kier molecular flexibility index (Phi) is 7.00. The van der Waals surface area contributed by atoms with Crippen LogP contribution in [0.4, 0.5) is 0 Å². The molecule has 1 aromatic carbocycles. The summed E-state index contributed by atoms with van der Waals surface area (Å²) in [5.74, 6) is 0.860. The minimum Gasteiger partial charge on any atom is -0.495 e. The first kappa shape index (κ1) is 18.8. The van der Waals surface area contributed by atoms with Gasteiger partial charge in [0.1, 0.15) is 5.75 Å². The van der Waals surface area contributed by atoms with Crippen LogP contribution in [0.2, 0.25) is 0 Å². The van der Waals surface area contributed by atoms with Crippen molar-refractivity contribution in [3.63, 3.8) is 0 Å². The molecule has 0 fully saturated rings. The van der Waals surface area contributed by atoms with Gasteiger partial charge in [-0.05, 0) is 55.6 Å². The number of methoxy groups -OCH3 is 1. The zero-order chi connectivity index (χ0) is 18.2. The maximum Gasteiger partial charge on any atom is 0.141 e. The Morgan fingerprint density at radius 1 is 1.19 bits per heavy atom. The SMILES string of the molecule is COc1cccnc1CN(CCCCN)CC1Cc2ccccc2CN1. The van der Waals surface area contributed by atoms with E-state index in [0.29, 0.717) is 6.04 Å². The van der Waals surface area contributed by atoms with Crippen LogP contribution >= 0.6 is 0 Å². The number of rotatable bonds is 9. The molecule has 26 heavy (non-hydrogen) atoms. The first-order chi connectivity index (χ1) is 12.8. The molecular weight excluding hydrogens is 324 g/mol. The first-order valence-corrected chi connectivity index (χ1v) is 9.50. The van der Waals surface area contributed by atoms with E-state index in [1.54, 1.807) is 7.11 Å². The normalized spacial score (nSPS) is 16.5. The molecule has 0 saturated carbocycles. The molecular formula is C21H30N4O. The van der Waals surface area contributed by atoms with Gasteiger partial charge in [-0.15, -0.1) is 0 Å². The number of nitrogens with one attached hydrogen (secondary N) is 1. The van der Waals surface area contributed by atoms with E-state index in [2.05, 4.69) is 39.5 Å². The van der Waals surface area contributed by atoms with Crippen molar-refractivity contribution in [3.05, 3.63) is 59.4 Å². The highest BCUT2D eigenvalue weighted by atomic mass is 16.5. The summed E-state index contributed by atoms with van der Waals surface area (Å²) in [5, 5.41) is 3.69. The highest BCUT2D eigenvalue weighted by Crippen LogP contribution is 2.20. The number of unbranched alkanes of at least 4 members (excludes halogenated alkanes) is 1. The third-order valence-electron chi connectivity index (χ3n) is 5.01. The molecule has 1 unspecified atom stereocenters. The second-order valence-electron chi connectivity index (χ2n) is 6.93. The largest absolute Gasteiger partial charge is 0.495 e. The van der Waals surface area contributed by atoms with E-state index in [0.717, 1.165) is 63.4 Å². The molecule has 2 heterocycles. The molecule has 1 aliphatic rings. The molecule has 2 aromatic rings. The van der Waals surface area contributed by atoms with Crippen LogP contribution in [-0.2, 0) is 19.5 Å². The number of nitrogens with two attached hydrogens (primary N) is 1. The van der Waals surface area contributed by atoms with Crippen LogP contribution in [0.25, 0.3) is 0 Å². The molecule has 0 amide bonds. The number of ether oxygens (including phenoxy) is 1. The van der Waals surface area contributed by atoms with Crippen LogP contribution in [0.1, 0.15) is 29.7 Å². The monoisotopic (exact) mass is 354 g/mol. The summed E-state index contributed by atoms with van der Waals surface area (Å²) in [4.78, 5) is 7.01. The molecule has 0 radical (unpaired) electrons. The summed E-state index contributed by atoms with van der Waals surface area (Å²) in [7, 11) is 1.71. The van der Waals surface area contributed by atoms with Crippen LogP contribution in [0.15, 0.2) is 42.6 Å². The van der Waals surface area contributed by atoms with Gasteiger partial charge in [-0.2, -0.15) is 0 Å². The standard InChI is InChI=1S/C21H30N4O/c1-26-21-9-6-11-23-20(21)16-25(12-5-4-10-22)15-19-13-17-7-2-3-8-18(17)14-24-19/h2-3,6-9,11,19,24H,4-5,10,12-16,22H2,1H3. The number of nitrogens with zero attached hydrogens (tertiary/aromatic N) is 2. The quantitative estimate of drug-likeness (QED) is 0.677. The van der Waals surface area contributed by atoms with Crippen LogP contribution in [0.5, 0.6) is 5.75 Å². The lowest BCUT2D eigenvalue weighted by molar-refractivity contribution is 0.219. The van der Waals surface area contributed by atoms with Crippen LogP contribution < -0.4 is 15.8 Å². The third-order valence-corrected chi connectivity index (χ3v) is 5.01. The molecule has 0 bridgehead atoms. The van der Waals surface area contributed by atoms with Crippen LogP contribution in [0.3, 0.4) is 0 Å². The van der Waals surface area contributed by atoms with Crippen molar-refractivity contribution in [1.82, 2.24) is 15.2 Å². The van der Waals surface area contributed by atoms with E-state index >= 15 is 0 Å². The molecule has 5 nitrogen and oxygen atoms in total. The average molecular weight is 354 g/mol. The van der Waals surface area contributed by atoms with E-state index in [1.165, 1.54) is 11.1 Å². The first-order valence-electron chi connectivity index (χ1n) is 9.50.